The van der Waals surface area contributed by atoms with Crippen LogP contribution in [-0.2, 0) is 79.2 Å². The number of benzene rings is 9. The van der Waals surface area contributed by atoms with Gasteiger partial charge >= 0.3 is 19.3 Å². The van der Waals surface area contributed by atoms with E-state index < -0.39 is 48.0 Å². The number of nitrogens with zero attached hydrogens (tertiary/aromatic N) is 6. The normalized spacial score (nSPS) is 18.3. The Morgan fingerprint density at radius 2 is 0.804 bits per heavy atom. The Labute approximate surface area is 836 Å². The molecule has 0 unspecified atom stereocenters. The fourth-order valence-corrected chi connectivity index (χ4v) is 23.4. The molecule has 25 nitrogen and oxygen atoms in total. The van der Waals surface area contributed by atoms with Gasteiger partial charge in [0.05, 0.1) is 64.1 Å². The Balaban J connectivity index is 0.000000160. The quantitative estimate of drug-likeness (QED) is 0.0292. The number of hydrogen-bond acceptors (Lipinski definition) is 22. The molecule has 4 heterocycles. The summed E-state index contributed by atoms with van der Waals surface area (Å²) < 4.78 is 104. The Morgan fingerprint density at radius 3 is 1.21 bits per heavy atom. The molecule has 8 N–H and O–H groups in total. The highest BCUT2D eigenvalue weighted by atomic mass is 79.9. The van der Waals surface area contributed by atoms with Crippen molar-refractivity contribution in [1.82, 2.24) is 40.5 Å². The Bertz CT molecular complexity index is 6770. The van der Waals surface area contributed by atoms with Crippen molar-refractivity contribution in [2.24, 2.45) is 5.73 Å². The molecule has 12 aromatic rings. The number of carbonyl (C=O) groups excluding carboxylic acids is 2. The van der Waals surface area contributed by atoms with Crippen molar-refractivity contribution in [2.45, 2.75) is 292 Å². The minimum atomic E-state index is -3.81. The molecule has 0 bridgehead atoms. The number of hydrogen-bond donors (Lipinski definition) is 7. The monoisotopic (exact) mass is 2050 g/mol. The zero-order valence-corrected chi connectivity index (χ0v) is 87.6. The van der Waals surface area contributed by atoms with Crippen molar-refractivity contribution < 1.29 is 53.6 Å². The molecule has 3 saturated carbocycles. The van der Waals surface area contributed by atoms with Gasteiger partial charge in [0.15, 0.2) is 19.7 Å². The number of nitrogens with two attached hydrogens (primary N) is 1. The number of aromatic nitrogens is 6. The third-order valence-corrected chi connectivity index (χ3v) is 32.6. The molecular formula is C105H126BBrCl3N13O12S3. The molecular weight excluding hydrogens is 1930 g/mol. The first-order valence-corrected chi connectivity index (χ1v) is 53.9. The molecule has 9 aromatic carbocycles. The highest BCUT2D eigenvalue weighted by Crippen LogP contribution is 2.41. The lowest BCUT2D eigenvalue weighted by atomic mass is 9.75. The Kier molecular flexibility index (Phi) is 34.1. The standard InChI is InChI=1S/C35H41ClN4O4S.C29H32ClN5O2S.C26H39BN4O4.C15H14BrClO2S/c1-6-24-18-23(21-45(42,43)32-10-8-7-9-30(32)36)11-16-28(24)29-19-25-20-37-33(40-31(25)17-22(29)2)38-26-12-14-27(15-13-26)39-34(41)44-35(3,4)5;1-3-19-15-23(35-38(36,37)28-7-5-4-6-26(28)30)12-13-24(19)25-16-20-17-32-29(34-27(20)14-18(25)2)33-22-10-8-21(31)9-11-22;1-16-13-21-17(14-20(16)27-34-25(5,6)26(7,8)35-27)15-28-22(31-21)29-18-9-11-19(12-10-18)30-23(32)33-24(2,3)4;1-2-12-9-11(7-8-13(12)16)10-20(18,19)15-6-4-3-5-14(15)17/h7-11,16-20,26-27H,6,12-15,21H2,1-5H3,(H,39,41)(H,37,38,40);4-7,12-17,21-22,35H,3,8-11,31H2,1-2H3,(H,32,33,34);13-15,18-19H,9-12H2,1-8H3,(H,30,32)(H,28,29,31);3-9H,2,10H2,1H3. The van der Waals surface area contributed by atoms with Crippen LogP contribution in [0, 0.1) is 20.8 Å². The lowest BCUT2D eigenvalue weighted by Gasteiger charge is -2.32. The molecule has 0 spiro atoms. The van der Waals surface area contributed by atoms with E-state index in [9.17, 15) is 34.8 Å². The van der Waals surface area contributed by atoms with E-state index in [1.807, 2.05) is 116 Å². The van der Waals surface area contributed by atoms with Gasteiger partial charge in [-0.05, 0) is 343 Å². The fourth-order valence-electron chi connectivity index (χ4n) is 17.5. The summed E-state index contributed by atoms with van der Waals surface area (Å²) in [5.41, 5.74) is 20.6. The SMILES string of the molecule is CCc1cc(CS(=O)(=O)c2ccccc2Cl)ccc1-c1cc2cnc(NC3CCC(NC(=O)OC(C)(C)C)CC3)nc2cc1C.CCc1cc(CS(=O)(=O)c2ccccc2Cl)ccc1Br.CCc1cc(NS(=O)(=O)c2ccccc2Cl)ccc1-c1cc2cnc(NC3CCC(N)CC3)nc2cc1C.Cc1cc2nc(NC3CCC(NC(=O)OC(C)(C)C)CC3)ncc2cc1B1OC(C)(C)C(C)(C)O1. The summed E-state index contributed by atoms with van der Waals surface area (Å²) in [5.74, 6) is 1.71. The number of aryl methyl sites for hydroxylation is 6. The van der Waals surface area contributed by atoms with Crippen LogP contribution >= 0.6 is 50.7 Å². The molecule has 3 aromatic heterocycles. The Hall–Kier alpha value is -10.1. The van der Waals surface area contributed by atoms with Crippen LogP contribution in [0.4, 0.5) is 33.1 Å². The summed E-state index contributed by atoms with van der Waals surface area (Å²) in [6, 6.07) is 50.5. The number of sulfonamides is 1. The smallest absolute Gasteiger partial charge is 0.444 e. The number of anilines is 4. The molecule has 732 valence electrons. The maximum atomic E-state index is 13.1. The van der Waals surface area contributed by atoms with Crippen molar-refractivity contribution in [1.29, 1.82) is 0 Å². The van der Waals surface area contributed by atoms with Gasteiger partial charge in [-0.3, -0.25) is 4.72 Å². The predicted molar refractivity (Wildman–Crippen MR) is 561 cm³/mol. The number of fused-ring (bicyclic) bond motifs is 3. The van der Waals surface area contributed by atoms with Crippen LogP contribution < -0.4 is 42.5 Å². The van der Waals surface area contributed by atoms with E-state index in [-0.39, 0.29) is 88.8 Å². The van der Waals surface area contributed by atoms with Gasteiger partial charge in [0.2, 0.25) is 17.8 Å². The average molecular weight is 2060 g/mol. The van der Waals surface area contributed by atoms with Crippen molar-refractivity contribution in [2.75, 3.05) is 20.7 Å². The summed E-state index contributed by atoms with van der Waals surface area (Å²) >= 11 is 21.7. The first-order chi connectivity index (χ1) is 65.2. The number of sulfone groups is 2. The number of alkyl carbamates (subject to hydrolysis) is 2. The molecule has 2 amide bonds. The van der Waals surface area contributed by atoms with E-state index in [4.69, 9.17) is 74.3 Å². The molecule has 1 aliphatic heterocycles. The lowest BCUT2D eigenvalue weighted by molar-refractivity contribution is 0.00578. The van der Waals surface area contributed by atoms with E-state index in [1.165, 1.54) is 12.1 Å². The highest BCUT2D eigenvalue weighted by Gasteiger charge is 2.52. The van der Waals surface area contributed by atoms with Gasteiger partial charge < -0.3 is 51.1 Å². The first-order valence-electron chi connectivity index (χ1n) is 47.2. The van der Waals surface area contributed by atoms with Crippen LogP contribution in [0.25, 0.3) is 55.0 Å². The molecule has 16 rings (SSSR count). The van der Waals surface area contributed by atoms with Crippen LogP contribution in [0.15, 0.2) is 202 Å². The maximum Gasteiger partial charge on any atom is 0.495 e. The summed E-state index contributed by atoms with van der Waals surface area (Å²) in [6.45, 7) is 31.8. The second-order valence-electron chi connectivity index (χ2n) is 39.1. The lowest BCUT2D eigenvalue weighted by Crippen LogP contribution is -2.42. The number of amides is 2. The van der Waals surface area contributed by atoms with E-state index >= 15 is 0 Å². The fraction of sp³-hybridized carbons (Fsp3) is 0.410. The number of carbonyl (C=O) groups is 2. The third-order valence-electron chi connectivity index (χ3n) is 25.5. The van der Waals surface area contributed by atoms with Crippen molar-refractivity contribution in [3.05, 3.63) is 246 Å². The molecule has 3 aliphatic carbocycles. The predicted octanol–water partition coefficient (Wildman–Crippen LogP) is 23.5. The van der Waals surface area contributed by atoms with Gasteiger partial charge in [-0.1, -0.05) is 150 Å². The van der Waals surface area contributed by atoms with Crippen LogP contribution in [0.1, 0.15) is 212 Å². The van der Waals surface area contributed by atoms with E-state index in [2.05, 4.69) is 161 Å². The number of rotatable bonds is 23. The summed E-state index contributed by atoms with van der Waals surface area (Å²) in [5, 5.41) is 19.9. The molecule has 0 radical (unpaired) electrons. The van der Waals surface area contributed by atoms with Gasteiger partial charge in [-0.25, -0.2) is 64.7 Å². The molecule has 4 fully saturated rings. The minimum absolute atomic E-state index is 0.0446. The van der Waals surface area contributed by atoms with Gasteiger partial charge in [-0.15, -0.1) is 0 Å². The molecule has 138 heavy (non-hydrogen) atoms. The van der Waals surface area contributed by atoms with Crippen LogP contribution in [0.5, 0.6) is 0 Å². The summed E-state index contributed by atoms with van der Waals surface area (Å²) in [6.07, 6.45) is 18.5. The van der Waals surface area contributed by atoms with E-state index in [0.717, 1.165) is 206 Å². The summed E-state index contributed by atoms with van der Waals surface area (Å²) in [4.78, 5) is 52.7. The third kappa shape index (κ3) is 27.6. The van der Waals surface area contributed by atoms with Gasteiger partial charge in [0, 0.05) is 81.2 Å². The highest BCUT2D eigenvalue weighted by molar-refractivity contribution is 9.10. The van der Waals surface area contributed by atoms with E-state index in [0.29, 0.717) is 35.6 Å². The van der Waals surface area contributed by atoms with E-state index in [1.54, 1.807) is 66.7 Å². The first kappa shape index (κ1) is 105. The van der Waals surface area contributed by atoms with Crippen LogP contribution in [-0.4, -0.2) is 133 Å². The topological polar surface area (TPSA) is 349 Å². The maximum absolute atomic E-state index is 13.1. The van der Waals surface area contributed by atoms with Gasteiger partial charge in [0.1, 0.15) is 16.1 Å². The number of halogens is 4. The second-order valence-corrected chi connectivity index (χ2v) is 46.7. The van der Waals surface area contributed by atoms with Crippen molar-refractivity contribution in [3.8, 4) is 22.3 Å². The molecule has 0 atom stereocenters. The van der Waals surface area contributed by atoms with Gasteiger partial charge in [-0.2, -0.15) is 0 Å². The molecule has 1 saturated heterocycles. The van der Waals surface area contributed by atoms with Gasteiger partial charge in [0.25, 0.3) is 10.0 Å². The zero-order valence-electron chi connectivity index (χ0n) is 81.3. The number of ether oxygens (including phenoxy) is 2. The van der Waals surface area contributed by atoms with Crippen molar-refractivity contribution >= 4 is 161 Å². The Morgan fingerprint density at radius 1 is 0.449 bits per heavy atom. The molecule has 4 aliphatic rings. The molecule has 33 heteroatoms. The number of nitrogens with one attached hydrogen (secondary N) is 6. The average Bonchev–Trinajstić information content (AvgIpc) is 1.56. The zero-order chi connectivity index (χ0) is 99.6. The largest absolute Gasteiger partial charge is 0.495 e. The van der Waals surface area contributed by atoms with Crippen LogP contribution in [0.3, 0.4) is 0 Å². The summed E-state index contributed by atoms with van der Waals surface area (Å²) in [7, 11) is -11.2. The van der Waals surface area contributed by atoms with Crippen LogP contribution in [0.2, 0.25) is 15.1 Å². The van der Waals surface area contributed by atoms with Crippen molar-refractivity contribution in [3.63, 3.8) is 0 Å². The minimum Gasteiger partial charge on any atom is -0.444 e. The second kappa shape index (κ2) is 44.8.